The van der Waals surface area contributed by atoms with Crippen molar-refractivity contribution >= 4 is 23.2 Å². The molecule has 1 saturated heterocycles. The summed E-state index contributed by atoms with van der Waals surface area (Å²) >= 11 is 0. The minimum Gasteiger partial charge on any atom is -0.372 e. The topological polar surface area (TPSA) is 61.4 Å². The zero-order valence-electron chi connectivity index (χ0n) is 15.9. The average molecular weight is 357 g/mol. The number of carbonyl (C=O) groups excluding carboxylic acids is 2. The maximum atomic E-state index is 12.6. The molecule has 1 aliphatic heterocycles. The van der Waals surface area contributed by atoms with Crippen LogP contribution in [0.2, 0.25) is 0 Å². The second-order valence-corrected chi connectivity index (χ2v) is 7.59. The van der Waals surface area contributed by atoms with Crippen LogP contribution in [0.1, 0.15) is 58.3 Å². The number of hydrogen-bond acceptors (Lipinski definition) is 3. The van der Waals surface area contributed by atoms with Crippen LogP contribution in [-0.2, 0) is 9.59 Å². The van der Waals surface area contributed by atoms with E-state index in [4.69, 9.17) is 0 Å². The third-order valence-corrected chi connectivity index (χ3v) is 5.53. The Hall–Kier alpha value is -2.04. The van der Waals surface area contributed by atoms with Crippen LogP contribution in [0, 0.1) is 5.41 Å². The zero-order chi connectivity index (χ0) is 18.4. The highest BCUT2D eigenvalue weighted by Crippen LogP contribution is 2.46. The molecule has 26 heavy (non-hydrogen) atoms. The highest BCUT2D eigenvalue weighted by molar-refractivity contribution is 6.13. The van der Waals surface area contributed by atoms with Crippen LogP contribution >= 0.6 is 0 Å². The monoisotopic (exact) mass is 357 g/mol. The van der Waals surface area contributed by atoms with Crippen LogP contribution in [0.25, 0.3) is 0 Å². The first-order chi connectivity index (χ1) is 12.7. The van der Waals surface area contributed by atoms with Crippen molar-refractivity contribution in [1.29, 1.82) is 0 Å². The van der Waals surface area contributed by atoms with Gasteiger partial charge in [-0.2, -0.15) is 0 Å². The molecule has 5 nitrogen and oxygen atoms in total. The molecule has 2 aliphatic rings. The van der Waals surface area contributed by atoms with Crippen LogP contribution < -0.4 is 15.5 Å². The van der Waals surface area contributed by atoms with Gasteiger partial charge in [0.15, 0.2) is 0 Å². The Labute approximate surface area is 156 Å². The van der Waals surface area contributed by atoms with Gasteiger partial charge >= 0.3 is 0 Å². The molecule has 1 aromatic rings. The molecule has 0 spiro atoms. The van der Waals surface area contributed by atoms with E-state index < -0.39 is 5.41 Å². The molecule has 142 valence electrons. The molecule has 1 aromatic carbocycles. The largest absolute Gasteiger partial charge is 0.372 e. The van der Waals surface area contributed by atoms with E-state index in [9.17, 15) is 9.59 Å². The van der Waals surface area contributed by atoms with Crippen molar-refractivity contribution in [3.8, 4) is 0 Å². The van der Waals surface area contributed by atoms with Gasteiger partial charge in [-0.25, -0.2) is 0 Å². The van der Waals surface area contributed by atoms with Crippen LogP contribution in [0.4, 0.5) is 11.4 Å². The van der Waals surface area contributed by atoms with Crippen molar-refractivity contribution < 1.29 is 9.59 Å². The Morgan fingerprint density at radius 3 is 2.31 bits per heavy atom. The number of anilines is 2. The van der Waals surface area contributed by atoms with E-state index in [2.05, 4.69) is 34.6 Å². The summed E-state index contributed by atoms with van der Waals surface area (Å²) in [5, 5.41) is 5.87. The molecule has 0 aromatic heterocycles. The Balaban J connectivity index is 1.53. The summed E-state index contributed by atoms with van der Waals surface area (Å²) in [5.74, 6) is -0.285. The summed E-state index contributed by atoms with van der Waals surface area (Å²) in [4.78, 5) is 27.4. The number of nitrogens with zero attached hydrogens (tertiary/aromatic N) is 1. The lowest BCUT2D eigenvalue weighted by atomic mass is 10.0. The maximum Gasteiger partial charge on any atom is 0.240 e. The van der Waals surface area contributed by atoms with Crippen LogP contribution in [0.15, 0.2) is 24.3 Å². The van der Waals surface area contributed by atoms with E-state index in [-0.39, 0.29) is 11.8 Å². The number of piperidine rings is 1. The number of carbonyl (C=O) groups is 2. The molecular weight excluding hydrogens is 326 g/mol. The number of unbranched alkanes of at least 4 members (excludes halogenated alkanes) is 2. The molecule has 1 saturated carbocycles. The van der Waals surface area contributed by atoms with Gasteiger partial charge in [0.05, 0.1) is 0 Å². The van der Waals surface area contributed by atoms with Gasteiger partial charge in [0.2, 0.25) is 11.8 Å². The lowest BCUT2D eigenvalue weighted by Gasteiger charge is -2.28. The first-order valence-electron chi connectivity index (χ1n) is 10.1. The van der Waals surface area contributed by atoms with Crippen LogP contribution in [-0.4, -0.2) is 31.4 Å². The van der Waals surface area contributed by atoms with Crippen molar-refractivity contribution in [2.45, 2.75) is 58.3 Å². The highest BCUT2D eigenvalue weighted by Gasteiger charge is 2.56. The minimum absolute atomic E-state index is 0.115. The lowest BCUT2D eigenvalue weighted by molar-refractivity contribution is -0.134. The molecule has 1 aliphatic carbocycles. The summed E-state index contributed by atoms with van der Waals surface area (Å²) < 4.78 is 0. The van der Waals surface area contributed by atoms with Gasteiger partial charge < -0.3 is 15.5 Å². The Bertz CT molecular complexity index is 617. The predicted octanol–water partition coefficient (Wildman–Crippen LogP) is 3.70. The van der Waals surface area contributed by atoms with Crippen molar-refractivity contribution in [2.75, 3.05) is 29.9 Å². The van der Waals surface area contributed by atoms with Gasteiger partial charge in [0, 0.05) is 31.0 Å². The molecule has 5 heteroatoms. The lowest BCUT2D eigenvalue weighted by Crippen LogP contribution is -2.40. The normalized spacial score (nSPS) is 18.3. The van der Waals surface area contributed by atoms with Crippen molar-refractivity contribution in [3.63, 3.8) is 0 Å². The highest BCUT2D eigenvalue weighted by atomic mass is 16.2. The summed E-state index contributed by atoms with van der Waals surface area (Å²) in [5.41, 5.74) is 1.12. The Kier molecular flexibility index (Phi) is 6.17. The third kappa shape index (κ3) is 4.37. The van der Waals surface area contributed by atoms with E-state index in [1.54, 1.807) is 0 Å². The molecule has 0 atom stereocenters. The zero-order valence-corrected chi connectivity index (χ0v) is 15.9. The molecule has 2 N–H and O–H groups in total. The fourth-order valence-corrected chi connectivity index (χ4v) is 3.59. The number of amides is 2. The Morgan fingerprint density at radius 2 is 1.69 bits per heavy atom. The average Bonchev–Trinajstić information content (AvgIpc) is 3.48. The summed E-state index contributed by atoms with van der Waals surface area (Å²) in [7, 11) is 0. The van der Waals surface area contributed by atoms with Crippen LogP contribution in [0.3, 0.4) is 0 Å². The molecule has 0 bridgehead atoms. The quantitative estimate of drug-likeness (QED) is 0.551. The molecule has 0 radical (unpaired) electrons. The second-order valence-electron chi connectivity index (χ2n) is 7.59. The van der Waals surface area contributed by atoms with E-state index >= 15 is 0 Å². The molecule has 2 amide bonds. The van der Waals surface area contributed by atoms with Crippen molar-refractivity contribution in [3.05, 3.63) is 24.3 Å². The number of hydrogen-bond donors (Lipinski definition) is 2. The minimum atomic E-state index is -0.849. The number of rotatable bonds is 8. The van der Waals surface area contributed by atoms with E-state index in [1.165, 1.54) is 24.9 Å². The van der Waals surface area contributed by atoms with Gasteiger partial charge in [-0.05, 0) is 62.8 Å². The maximum absolute atomic E-state index is 12.6. The first-order valence-corrected chi connectivity index (χ1v) is 10.1. The van der Waals surface area contributed by atoms with Gasteiger partial charge in [-0.3, -0.25) is 9.59 Å². The SMILES string of the molecule is CCCCCNC(=O)C1(C(=O)Nc2ccc(N3CCCCC3)cc2)CC1. The molecule has 0 unspecified atom stereocenters. The third-order valence-electron chi connectivity index (χ3n) is 5.53. The van der Waals surface area contributed by atoms with Gasteiger partial charge in [0.1, 0.15) is 5.41 Å². The standard InChI is InChI=1S/C21H31N3O2/c1-2-3-5-14-22-19(25)21(12-13-21)20(26)23-17-8-10-18(11-9-17)24-15-6-4-7-16-24/h8-11H,2-7,12-16H2,1H3,(H,22,25)(H,23,26). The second kappa shape index (κ2) is 8.56. The summed E-state index contributed by atoms with van der Waals surface area (Å²) in [6.07, 6.45) is 8.28. The fourth-order valence-electron chi connectivity index (χ4n) is 3.59. The number of benzene rings is 1. The molecule has 3 rings (SSSR count). The fraction of sp³-hybridized carbons (Fsp3) is 0.619. The molecule has 2 fully saturated rings. The van der Waals surface area contributed by atoms with Gasteiger partial charge in [-0.1, -0.05) is 19.8 Å². The molecular formula is C21H31N3O2. The van der Waals surface area contributed by atoms with E-state index in [0.717, 1.165) is 38.0 Å². The first kappa shape index (κ1) is 18.7. The summed E-state index contributed by atoms with van der Waals surface area (Å²) in [6.45, 7) is 5.00. The predicted molar refractivity (Wildman–Crippen MR) is 105 cm³/mol. The Morgan fingerprint density at radius 1 is 1.00 bits per heavy atom. The van der Waals surface area contributed by atoms with E-state index in [0.29, 0.717) is 19.4 Å². The van der Waals surface area contributed by atoms with Gasteiger partial charge in [-0.15, -0.1) is 0 Å². The smallest absolute Gasteiger partial charge is 0.240 e. The van der Waals surface area contributed by atoms with Crippen molar-refractivity contribution in [2.24, 2.45) is 5.41 Å². The van der Waals surface area contributed by atoms with Gasteiger partial charge in [0.25, 0.3) is 0 Å². The van der Waals surface area contributed by atoms with Crippen LogP contribution in [0.5, 0.6) is 0 Å². The van der Waals surface area contributed by atoms with E-state index in [1.807, 2.05) is 12.1 Å². The summed E-state index contributed by atoms with van der Waals surface area (Å²) in [6, 6.07) is 8.00. The number of nitrogens with one attached hydrogen (secondary N) is 2. The molecule has 1 heterocycles. The van der Waals surface area contributed by atoms with Crippen molar-refractivity contribution in [1.82, 2.24) is 5.32 Å².